The van der Waals surface area contributed by atoms with Gasteiger partial charge in [-0.1, -0.05) is 24.3 Å². The number of hydrogen-bond acceptors (Lipinski definition) is 3. The zero-order valence-electron chi connectivity index (χ0n) is 14.5. The van der Waals surface area contributed by atoms with E-state index in [0.29, 0.717) is 13.1 Å². The highest BCUT2D eigenvalue weighted by Crippen LogP contribution is 2.24. The molecule has 0 unspecified atom stereocenters. The maximum Gasteiger partial charge on any atom is 0.192 e. The van der Waals surface area contributed by atoms with Crippen molar-refractivity contribution in [1.82, 2.24) is 15.6 Å². The number of guanidine groups is 1. The number of aromatic nitrogens is 1. The van der Waals surface area contributed by atoms with Crippen molar-refractivity contribution in [2.24, 2.45) is 4.99 Å². The fourth-order valence-corrected chi connectivity index (χ4v) is 2.55. The number of pyridine rings is 1. The molecule has 0 aliphatic carbocycles. The Morgan fingerprint density at radius 2 is 1.92 bits per heavy atom. The number of hydrogen-bond donors (Lipinski definition) is 2. The highest BCUT2D eigenvalue weighted by atomic mass is 127. The molecule has 2 aromatic heterocycles. The number of fused-ring (bicyclic) bond motifs is 1. The quantitative estimate of drug-likeness (QED) is 0.351. The van der Waals surface area contributed by atoms with Crippen LogP contribution in [0, 0.1) is 6.92 Å². The molecule has 5 nitrogen and oxygen atoms in total. The molecule has 25 heavy (non-hydrogen) atoms. The summed E-state index contributed by atoms with van der Waals surface area (Å²) in [4.78, 5) is 8.86. The van der Waals surface area contributed by atoms with Crippen LogP contribution in [0.3, 0.4) is 0 Å². The third kappa shape index (κ3) is 4.94. The van der Waals surface area contributed by atoms with Crippen LogP contribution in [0.5, 0.6) is 0 Å². The fraction of sp³-hybridized carbons (Fsp3) is 0.263. The molecule has 0 spiro atoms. The summed E-state index contributed by atoms with van der Waals surface area (Å²) in [5, 5.41) is 7.73. The lowest BCUT2D eigenvalue weighted by Gasteiger charge is -2.10. The van der Waals surface area contributed by atoms with Gasteiger partial charge in [0, 0.05) is 23.7 Å². The second kappa shape index (κ2) is 9.41. The van der Waals surface area contributed by atoms with E-state index in [-0.39, 0.29) is 24.0 Å². The van der Waals surface area contributed by atoms with Crippen LogP contribution in [0.4, 0.5) is 0 Å². The van der Waals surface area contributed by atoms with E-state index < -0.39 is 0 Å². The van der Waals surface area contributed by atoms with Crippen LogP contribution in [-0.4, -0.2) is 17.5 Å². The summed E-state index contributed by atoms with van der Waals surface area (Å²) in [6.45, 7) is 6.06. The molecule has 2 heterocycles. The number of benzene rings is 1. The molecule has 2 N–H and O–H groups in total. The number of halogens is 1. The average molecular weight is 450 g/mol. The lowest BCUT2D eigenvalue weighted by Crippen LogP contribution is -2.36. The van der Waals surface area contributed by atoms with Crippen LogP contribution in [-0.2, 0) is 13.1 Å². The predicted octanol–water partition coefficient (Wildman–Crippen LogP) is 4.01. The van der Waals surface area contributed by atoms with E-state index in [9.17, 15) is 0 Å². The van der Waals surface area contributed by atoms with Gasteiger partial charge in [0.25, 0.3) is 0 Å². The minimum Gasteiger partial charge on any atom is -0.459 e. The minimum absolute atomic E-state index is 0. The number of aryl methyl sites for hydroxylation is 1. The van der Waals surface area contributed by atoms with Gasteiger partial charge in [0.1, 0.15) is 11.3 Å². The van der Waals surface area contributed by atoms with Crippen LogP contribution in [0.15, 0.2) is 58.1 Å². The van der Waals surface area contributed by atoms with E-state index in [1.54, 1.807) is 6.20 Å². The van der Waals surface area contributed by atoms with E-state index in [0.717, 1.165) is 34.9 Å². The van der Waals surface area contributed by atoms with E-state index in [4.69, 9.17) is 4.42 Å². The van der Waals surface area contributed by atoms with Crippen molar-refractivity contribution in [1.29, 1.82) is 0 Å². The molecule has 0 aliphatic rings. The van der Waals surface area contributed by atoms with Crippen LogP contribution < -0.4 is 10.6 Å². The van der Waals surface area contributed by atoms with Gasteiger partial charge in [-0.3, -0.25) is 4.98 Å². The van der Waals surface area contributed by atoms with Crippen molar-refractivity contribution >= 4 is 40.9 Å². The van der Waals surface area contributed by atoms with Crippen molar-refractivity contribution in [2.45, 2.75) is 26.9 Å². The fourth-order valence-electron chi connectivity index (χ4n) is 2.55. The highest BCUT2D eigenvalue weighted by Gasteiger charge is 2.10. The summed E-state index contributed by atoms with van der Waals surface area (Å²) in [5.74, 6) is 1.68. The number of nitrogens with one attached hydrogen (secondary N) is 2. The molecule has 0 atom stereocenters. The second-order valence-electron chi connectivity index (χ2n) is 5.52. The predicted molar refractivity (Wildman–Crippen MR) is 112 cm³/mol. The van der Waals surface area contributed by atoms with Crippen molar-refractivity contribution in [3.8, 4) is 0 Å². The zero-order valence-corrected chi connectivity index (χ0v) is 16.8. The third-order valence-corrected chi connectivity index (χ3v) is 3.83. The van der Waals surface area contributed by atoms with Gasteiger partial charge in [0.15, 0.2) is 5.96 Å². The van der Waals surface area contributed by atoms with E-state index >= 15 is 0 Å². The van der Waals surface area contributed by atoms with E-state index in [1.165, 1.54) is 5.56 Å². The van der Waals surface area contributed by atoms with Crippen LogP contribution in [0.25, 0.3) is 11.0 Å². The molecule has 1 aromatic carbocycles. The van der Waals surface area contributed by atoms with Crippen molar-refractivity contribution in [3.05, 3.63) is 65.7 Å². The van der Waals surface area contributed by atoms with Gasteiger partial charge >= 0.3 is 0 Å². The van der Waals surface area contributed by atoms with E-state index in [2.05, 4.69) is 33.6 Å². The number of nitrogens with zero attached hydrogens (tertiary/aromatic N) is 2. The standard InChI is InChI=1S/C19H22N4O.HI/c1-3-20-19(22-12-15-8-6-7-11-21-15)23-13-18-14(2)16-9-4-5-10-17(16)24-18;/h4-11H,3,12-13H2,1-2H3,(H2,20,22,23);1H. The Morgan fingerprint density at radius 1 is 1.12 bits per heavy atom. The summed E-state index contributed by atoms with van der Waals surface area (Å²) in [6.07, 6.45) is 1.78. The van der Waals surface area contributed by atoms with Crippen molar-refractivity contribution in [3.63, 3.8) is 0 Å². The summed E-state index contributed by atoms with van der Waals surface area (Å²) < 4.78 is 5.93. The monoisotopic (exact) mass is 450 g/mol. The molecule has 0 fully saturated rings. The molecule has 0 saturated carbocycles. The third-order valence-electron chi connectivity index (χ3n) is 3.83. The zero-order chi connectivity index (χ0) is 16.8. The summed E-state index contributed by atoms with van der Waals surface area (Å²) in [5.41, 5.74) is 3.02. The van der Waals surface area contributed by atoms with Crippen LogP contribution in [0.2, 0.25) is 0 Å². The Hall–Kier alpha value is -2.09. The van der Waals surface area contributed by atoms with Gasteiger partial charge in [-0.2, -0.15) is 0 Å². The molecule has 3 rings (SSSR count). The van der Waals surface area contributed by atoms with Gasteiger partial charge in [-0.05, 0) is 32.0 Å². The molecule has 0 aliphatic heterocycles. The Morgan fingerprint density at radius 3 is 2.64 bits per heavy atom. The number of para-hydroxylation sites is 1. The van der Waals surface area contributed by atoms with Gasteiger partial charge < -0.3 is 15.1 Å². The molecule has 3 aromatic rings. The van der Waals surface area contributed by atoms with E-state index in [1.807, 2.05) is 43.3 Å². The Kier molecular flexibility index (Phi) is 7.24. The lowest BCUT2D eigenvalue weighted by molar-refractivity contribution is 0.534. The van der Waals surface area contributed by atoms with Crippen LogP contribution >= 0.6 is 24.0 Å². The molecule has 0 saturated heterocycles. The smallest absolute Gasteiger partial charge is 0.192 e. The SMILES string of the molecule is CCNC(=NCc1ccccn1)NCc1oc2ccccc2c1C.I. The minimum atomic E-state index is 0. The molecule has 0 amide bonds. The highest BCUT2D eigenvalue weighted by molar-refractivity contribution is 14.0. The van der Waals surface area contributed by atoms with Crippen molar-refractivity contribution < 1.29 is 4.42 Å². The molecular weight excluding hydrogens is 427 g/mol. The van der Waals surface area contributed by atoms with Gasteiger partial charge in [0.05, 0.1) is 18.8 Å². The Bertz CT molecular complexity index is 830. The normalized spacial score (nSPS) is 11.2. The van der Waals surface area contributed by atoms with Gasteiger partial charge in [-0.15, -0.1) is 24.0 Å². The number of rotatable bonds is 5. The first kappa shape index (κ1) is 19.2. The average Bonchev–Trinajstić information content (AvgIpc) is 2.95. The molecule has 132 valence electrons. The lowest BCUT2D eigenvalue weighted by atomic mass is 10.1. The van der Waals surface area contributed by atoms with Crippen LogP contribution in [0.1, 0.15) is 23.9 Å². The Balaban J connectivity index is 0.00000225. The summed E-state index contributed by atoms with van der Waals surface area (Å²) >= 11 is 0. The molecule has 0 bridgehead atoms. The first-order valence-electron chi connectivity index (χ1n) is 8.17. The maximum atomic E-state index is 5.93. The number of aliphatic imine (C=N–C) groups is 1. The molecule has 0 radical (unpaired) electrons. The topological polar surface area (TPSA) is 62.5 Å². The first-order chi connectivity index (χ1) is 11.8. The summed E-state index contributed by atoms with van der Waals surface area (Å²) in [6, 6.07) is 13.9. The largest absolute Gasteiger partial charge is 0.459 e. The van der Waals surface area contributed by atoms with Crippen molar-refractivity contribution in [2.75, 3.05) is 6.54 Å². The molecule has 6 heteroatoms. The van der Waals surface area contributed by atoms with Gasteiger partial charge in [-0.25, -0.2) is 4.99 Å². The maximum absolute atomic E-state index is 5.93. The Labute approximate surface area is 165 Å². The number of furan rings is 1. The first-order valence-corrected chi connectivity index (χ1v) is 8.17. The molecular formula is C19H23IN4O. The van der Waals surface area contributed by atoms with Gasteiger partial charge in [0.2, 0.25) is 0 Å². The summed E-state index contributed by atoms with van der Waals surface area (Å²) in [7, 11) is 0. The second-order valence-corrected chi connectivity index (χ2v) is 5.52.